The van der Waals surface area contributed by atoms with Gasteiger partial charge in [-0.1, -0.05) is 24.3 Å². The van der Waals surface area contributed by atoms with E-state index < -0.39 is 0 Å². The Kier molecular flexibility index (Phi) is 5.05. The van der Waals surface area contributed by atoms with E-state index in [2.05, 4.69) is 32.0 Å². The highest BCUT2D eigenvalue weighted by Crippen LogP contribution is 2.31. The van der Waals surface area contributed by atoms with E-state index in [1.807, 2.05) is 36.4 Å². The summed E-state index contributed by atoms with van der Waals surface area (Å²) in [7, 11) is 1.73. The van der Waals surface area contributed by atoms with Crippen molar-refractivity contribution in [2.75, 3.05) is 18.9 Å². The maximum atomic E-state index is 11.9. The number of nitrogens with one attached hydrogen (secondary N) is 3. The normalized spacial score (nSPS) is 17.0. The number of carbonyl (C=O) groups excluding carboxylic acids is 1. The van der Waals surface area contributed by atoms with Crippen LogP contribution < -0.4 is 16.0 Å². The van der Waals surface area contributed by atoms with Crippen LogP contribution in [0.25, 0.3) is 0 Å². The summed E-state index contributed by atoms with van der Waals surface area (Å²) in [5.74, 6) is 0.879. The second-order valence-corrected chi connectivity index (χ2v) is 5.66. The first-order chi connectivity index (χ1) is 11.8. The molecule has 0 saturated carbocycles. The average molecular weight is 323 g/mol. The molecule has 0 saturated heterocycles. The van der Waals surface area contributed by atoms with Crippen molar-refractivity contribution in [3.05, 3.63) is 59.9 Å². The standard InChI is InChI=1S/C18H21N5O/c1-19-18(22-12-14-6-4-5-9-20-14)21-11-13-10-17(24)23-16-8-3-2-7-15(13)16/h2-9,13H,10-12H2,1H3,(H,23,24)(H2,19,21,22). The van der Waals surface area contributed by atoms with Crippen molar-refractivity contribution >= 4 is 17.6 Å². The lowest BCUT2D eigenvalue weighted by molar-refractivity contribution is -0.116. The van der Waals surface area contributed by atoms with Crippen LogP contribution in [0.15, 0.2) is 53.7 Å². The van der Waals surface area contributed by atoms with E-state index in [0.29, 0.717) is 25.5 Å². The van der Waals surface area contributed by atoms with Gasteiger partial charge in [0.05, 0.1) is 12.2 Å². The van der Waals surface area contributed by atoms with Gasteiger partial charge in [-0.2, -0.15) is 0 Å². The summed E-state index contributed by atoms with van der Waals surface area (Å²) in [6.45, 7) is 1.24. The minimum absolute atomic E-state index is 0.0527. The number of amides is 1. The quantitative estimate of drug-likeness (QED) is 0.593. The van der Waals surface area contributed by atoms with Gasteiger partial charge in [-0.15, -0.1) is 0 Å². The maximum Gasteiger partial charge on any atom is 0.225 e. The molecule has 24 heavy (non-hydrogen) atoms. The predicted octanol–water partition coefficient (Wildman–Crippen LogP) is 1.87. The molecule has 1 aromatic carbocycles. The third-order valence-corrected chi connectivity index (χ3v) is 4.01. The largest absolute Gasteiger partial charge is 0.356 e. The Morgan fingerprint density at radius 1 is 1.25 bits per heavy atom. The van der Waals surface area contributed by atoms with Crippen molar-refractivity contribution in [1.29, 1.82) is 0 Å². The zero-order chi connectivity index (χ0) is 16.8. The van der Waals surface area contributed by atoms with Gasteiger partial charge in [-0.25, -0.2) is 0 Å². The van der Waals surface area contributed by atoms with Crippen LogP contribution in [0.1, 0.15) is 23.6 Å². The molecule has 1 aliphatic rings. The van der Waals surface area contributed by atoms with Crippen LogP contribution in [0.2, 0.25) is 0 Å². The maximum absolute atomic E-state index is 11.9. The van der Waals surface area contributed by atoms with E-state index in [4.69, 9.17) is 0 Å². The van der Waals surface area contributed by atoms with Gasteiger partial charge in [0, 0.05) is 37.8 Å². The lowest BCUT2D eigenvalue weighted by Gasteiger charge is -2.26. The number of pyridine rings is 1. The number of rotatable bonds is 4. The van der Waals surface area contributed by atoms with Crippen LogP contribution in [0.5, 0.6) is 0 Å². The lowest BCUT2D eigenvalue weighted by atomic mass is 9.90. The molecule has 1 aromatic heterocycles. The molecule has 6 heteroatoms. The summed E-state index contributed by atoms with van der Waals surface area (Å²) in [4.78, 5) is 20.4. The van der Waals surface area contributed by atoms with Crippen LogP contribution in [-0.4, -0.2) is 30.4 Å². The molecule has 0 spiro atoms. The Morgan fingerprint density at radius 2 is 2.08 bits per heavy atom. The van der Waals surface area contributed by atoms with Crippen molar-refractivity contribution in [1.82, 2.24) is 15.6 Å². The van der Waals surface area contributed by atoms with Crippen LogP contribution >= 0.6 is 0 Å². The Hall–Kier alpha value is -2.89. The Balaban J connectivity index is 1.59. The molecule has 2 heterocycles. The van der Waals surface area contributed by atoms with Crippen LogP contribution in [0, 0.1) is 0 Å². The molecule has 3 N–H and O–H groups in total. The van der Waals surface area contributed by atoms with Gasteiger partial charge in [0.2, 0.25) is 5.91 Å². The van der Waals surface area contributed by atoms with Gasteiger partial charge in [-0.05, 0) is 23.8 Å². The molecule has 1 aliphatic heterocycles. The topological polar surface area (TPSA) is 78.4 Å². The number of anilines is 1. The fourth-order valence-electron chi connectivity index (χ4n) is 2.80. The predicted molar refractivity (Wildman–Crippen MR) is 94.9 cm³/mol. The van der Waals surface area contributed by atoms with E-state index in [1.54, 1.807) is 13.2 Å². The number of hydrogen-bond acceptors (Lipinski definition) is 3. The fraction of sp³-hybridized carbons (Fsp3) is 0.278. The number of carbonyl (C=O) groups is 1. The first-order valence-electron chi connectivity index (χ1n) is 7.99. The monoisotopic (exact) mass is 323 g/mol. The van der Waals surface area contributed by atoms with Crippen molar-refractivity contribution in [3.8, 4) is 0 Å². The van der Waals surface area contributed by atoms with Crippen molar-refractivity contribution in [2.45, 2.75) is 18.9 Å². The number of para-hydroxylation sites is 1. The third-order valence-electron chi connectivity index (χ3n) is 4.01. The molecule has 1 unspecified atom stereocenters. The molecule has 124 valence electrons. The van der Waals surface area contributed by atoms with Crippen molar-refractivity contribution in [3.63, 3.8) is 0 Å². The van der Waals surface area contributed by atoms with E-state index in [9.17, 15) is 4.79 Å². The molecule has 2 aromatic rings. The van der Waals surface area contributed by atoms with E-state index in [-0.39, 0.29) is 11.8 Å². The van der Waals surface area contributed by atoms with Crippen LogP contribution in [0.3, 0.4) is 0 Å². The minimum atomic E-state index is 0.0527. The summed E-state index contributed by atoms with van der Waals surface area (Å²) >= 11 is 0. The zero-order valence-electron chi connectivity index (χ0n) is 13.6. The number of guanidine groups is 1. The van der Waals surface area contributed by atoms with Crippen molar-refractivity contribution < 1.29 is 4.79 Å². The molecule has 1 atom stereocenters. The minimum Gasteiger partial charge on any atom is -0.356 e. The molecular weight excluding hydrogens is 302 g/mol. The Morgan fingerprint density at radius 3 is 2.88 bits per heavy atom. The highest BCUT2D eigenvalue weighted by Gasteiger charge is 2.24. The van der Waals surface area contributed by atoms with E-state index in [1.165, 1.54) is 0 Å². The number of benzene rings is 1. The van der Waals surface area contributed by atoms with Gasteiger partial charge in [-0.3, -0.25) is 14.8 Å². The van der Waals surface area contributed by atoms with Gasteiger partial charge in [0.1, 0.15) is 0 Å². The molecule has 3 rings (SSSR count). The summed E-state index contributed by atoms with van der Waals surface area (Å²) in [6, 6.07) is 13.7. The number of hydrogen-bond donors (Lipinski definition) is 3. The van der Waals surface area contributed by atoms with Gasteiger partial charge in [0.25, 0.3) is 0 Å². The van der Waals surface area contributed by atoms with Gasteiger partial charge < -0.3 is 16.0 Å². The second-order valence-electron chi connectivity index (χ2n) is 5.66. The highest BCUT2D eigenvalue weighted by atomic mass is 16.1. The summed E-state index contributed by atoms with van der Waals surface area (Å²) in [5.41, 5.74) is 3.00. The highest BCUT2D eigenvalue weighted by molar-refractivity contribution is 5.94. The molecule has 6 nitrogen and oxygen atoms in total. The number of nitrogens with zero attached hydrogens (tertiary/aromatic N) is 2. The Bertz CT molecular complexity index is 729. The number of aromatic nitrogens is 1. The Labute approximate surface area is 141 Å². The van der Waals surface area contributed by atoms with Crippen LogP contribution in [-0.2, 0) is 11.3 Å². The zero-order valence-corrected chi connectivity index (χ0v) is 13.6. The first kappa shape index (κ1) is 16.0. The van der Waals surface area contributed by atoms with E-state index in [0.717, 1.165) is 16.9 Å². The molecular formula is C18H21N5O. The smallest absolute Gasteiger partial charge is 0.225 e. The molecule has 1 amide bonds. The fourth-order valence-corrected chi connectivity index (χ4v) is 2.80. The van der Waals surface area contributed by atoms with E-state index >= 15 is 0 Å². The molecule has 0 fully saturated rings. The summed E-state index contributed by atoms with van der Waals surface area (Å²) in [5, 5.41) is 9.46. The molecule has 0 radical (unpaired) electrons. The lowest BCUT2D eigenvalue weighted by Crippen LogP contribution is -2.40. The summed E-state index contributed by atoms with van der Waals surface area (Å²) in [6.07, 6.45) is 2.24. The molecule has 0 aliphatic carbocycles. The van der Waals surface area contributed by atoms with Crippen LogP contribution in [0.4, 0.5) is 5.69 Å². The van der Waals surface area contributed by atoms with Crippen molar-refractivity contribution in [2.24, 2.45) is 4.99 Å². The SMILES string of the molecule is CN=C(NCc1ccccn1)NCC1CC(=O)Nc2ccccc21. The summed E-state index contributed by atoms with van der Waals surface area (Å²) < 4.78 is 0. The average Bonchev–Trinajstić information content (AvgIpc) is 2.62. The third kappa shape index (κ3) is 3.90. The number of aliphatic imine (C=N–C) groups is 1. The number of fused-ring (bicyclic) bond motifs is 1. The van der Waals surface area contributed by atoms with Gasteiger partial charge >= 0.3 is 0 Å². The first-order valence-corrected chi connectivity index (χ1v) is 7.99. The van der Waals surface area contributed by atoms with Gasteiger partial charge in [0.15, 0.2) is 5.96 Å². The molecule has 0 bridgehead atoms. The second kappa shape index (κ2) is 7.59.